The normalized spacial score (nSPS) is 11.4. The van der Waals surface area contributed by atoms with Crippen molar-refractivity contribution >= 4 is 38.4 Å². The summed E-state index contributed by atoms with van der Waals surface area (Å²) in [6.45, 7) is -0.193. The highest BCUT2D eigenvalue weighted by atomic mass is 32.2. The van der Waals surface area contributed by atoms with Crippen molar-refractivity contribution in [3.05, 3.63) is 71.9 Å². The number of fused-ring (bicyclic) bond motifs is 1. The van der Waals surface area contributed by atoms with Gasteiger partial charge >= 0.3 is 0 Å². The van der Waals surface area contributed by atoms with Crippen molar-refractivity contribution in [1.82, 2.24) is 25.1 Å². The smallest absolute Gasteiger partial charge is 0.253 e. The maximum atomic E-state index is 13.3. The fourth-order valence-corrected chi connectivity index (χ4v) is 4.16. The Kier molecular flexibility index (Phi) is 6.66. The number of nitrogens with zero attached hydrogens (tertiary/aromatic N) is 5. The summed E-state index contributed by atoms with van der Waals surface area (Å²) in [6, 6.07) is 8.64. The number of hydrogen-bond donors (Lipinski definition) is 2. The lowest BCUT2D eigenvalue weighted by atomic mass is 10.1. The summed E-state index contributed by atoms with van der Waals surface area (Å²) in [4.78, 5) is 34.0. The van der Waals surface area contributed by atoms with E-state index in [-0.39, 0.29) is 35.3 Å². The molecule has 0 radical (unpaired) electrons. The molecule has 3 heterocycles. The second kappa shape index (κ2) is 9.70. The molecule has 4 rings (SSSR count). The summed E-state index contributed by atoms with van der Waals surface area (Å²) in [6.07, 6.45) is 5.47. The van der Waals surface area contributed by atoms with Crippen LogP contribution in [-0.4, -0.2) is 59.8 Å². The van der Waals surface area contributed by atoms with Crippen molar-refractivity contribution in [2.45, 2.75) is 11.6 Å². The first-order valence-corrected chi connectivity index (χ1v) is 12.5. The van der Waals surface area contributed by atoms with E-state index in [1.54, 1.807) is 36.1 Å². The van der Waals surface area contributed by atoms with Crippen LogP contribution in [-0.2, 0) is 21.2 Å². The summed E-state index contributed by atoms with van der Waals surface area (Å²) < 4.78 is 39.1. The molecule has 186 valence electrons. The van der Waals surface area contributed by atoms with Crippen molar-refractivity contribution in [2.24, 2.45) is 5.73 Å². The van der Waals surface area contributed by atoms with Crippen LogP contribution in [0.3, 0.4) is 0 Å². The van der Waals surface area contributed by atoms with E-state index in [1.165, 1.54) is 35.5 Å². The van der Waals surface area contributed by atoms with Gasteiger partial charge in [-0.2, -0.15) is 5.10 Å². The predicted molar refractivity (Wildman–Crippen MR) is 130 cm³/mol. The Labute approximate surface area is 205 Å². The number of pyridine rings is 2. The number of rotatable bonds is 8. The second-order valence-corrected chi connectivity index (χ2v) is 10.1. The SMILES string of the molecule is CN(CC(N)=O)c1cc(CNC(=O)c2cncc3c2cnn3-c2ccc(F)cc2)cc(S(C)(=O)=O)n1. The molecule has 1 aromatic carbocycles. The molecule has 11 nitrogen and oxygen atoms in total. The molecule has 0 saturated carbocycles. The molecule has 36 heavy (non-hydrogen) atoms. The average molecular weight is 512 g/mol. The van der Waals surface area contributed by atoms with Crippen LogP contribution in [0.1, 0.15) is 15.9 Å². The van der Waals surface area contributed by atoms with E-state index in [0.29, 0.717) is 22.2 Å². The summed E-state index contributed by atoms with van der Waals surface area (Å²) in [5.41, 5.74) is 7.09. The Morgan fingerprint density at radius 3 is 2.53 bits per heavy atom. The number of carbonyl (C=O) groups excluding carboxylic acids is 2. The molecule has 0 atom stereocenters. The van der Waals surface area contributed by atoms with Gasteiger partial charge in [0, 0.05) is 31.4 Å². The Hall–Kier alpha value is -4.39. The zero-order valence-corrected chi connectivity index (χ0v) is 20.2. The lowest BCUT2D eigenvalue weighted by molar-refractivity contribution is -0.116. The van der Waals surface area contributed by atoms with Gasteiger partial charge in [-0.05, 0) is 42.0 Å². The lowest BCUT2D eigenvalue weighted by Gasteiger charge is -2.18. The number of sulfone groups is 1. The fraction of sp³-hybridized carbons (Fsp3) is 0.174. The highest BCUT2D eigenvalue weighted by Crippen LogP contribution is 2.22. The topological polar surface area (TPSA) is 153 Å². The number of carbonyl (C=O) groups is 2. The largest absolute Gasteiger partial charge is 0.368 e. The van der Waals surface area contributed by atoms with Crippen LogP contribution in [0.15, 0.2) is 60.0 Å². The van der Waals surface area contributed by atoms with Crippen molar-refractivity contribution in [1.29, 1.82) is 0 Å². The van der Waals surface area contributed by atoms with E-state index in [4.69, 9.17) is 5.73 Å². The molecule has 3 N–H and O–H groups in total. The number of nitrogens with two attached hydrogens (primary N) is 1. The number of benzene rings is 1. The van der Waals surface area contributed by atoms with Gasteiger partial charge in [0.25, 0.3) is 5.91 Å². The van der Waals surface area contributed by atoms with Crippen molar-refractivity contribution in [3.63, 3.8) is 0 Å². The number of anilines is 1. The molecule has 0 unspecified atom stereocenters. The summed E-state index contributed by atoms with van der Waals surface area (Å²) in [5, 5.41) is 7.38. The van der Waals surface area contributed by atoms with E-state index in [0.717, 1.165) is 6.26 Å². The minimum Gasteiger partial charge on any atom is -0.368 e. The molecule has 4 aromatic rings. The minimum absolute atomic E-state index is 0.0240. The van der Waals surface area contributed by atoms with Crippen LogP contribution in [0, 0.1) is 5.82 Å². The molecule has 3 aromatic heterocycles. The van der Waals surface area contributed by atoms with E-state index in [1.807, 2.05) is 0 Å². The number of likely N-dealkylation sites (N-methyl/N-ethyl adjacent to an activating group) is 1. The van der Waals surface area contributed by atoms with Crippen molar-refractivity contribution in [2.75, 3.05) is 24.7 Å². The highest BCUT2D eigenvalue weighted by molar-refractivity contribution is 7.90. The zero-order valence-electron chi connectivity index (χ0n) is 19.3. The van der Waals surface area contributed by atoms with Crippen LogP contribution in [0.5, 0.6) is 0 Å². The Morgan fingerprint density at radius 1 is 1.14 bits per heavy atom. The standard InChI is InChI=1S/C23H22FN7O4S/c1-30(13-20(25)32)21-7-14(8-22(29-21)36(2,34)35)9-27-23(33)18-10-26-12-19-17(18)11-28-31(19)16-5-3-15(24)4-6-16/h3-8,10-12H,9,13H2,1-2H3,(H2,25,32)(H,27,33). The van der Waals surface area contributed by atoms with E-state index in [9.17, 15) is 22.4 Å². The first-order chi connectivity index (χ1) is 17.0. The van der Waals surface area contributed by atoms with Gasteiger partial charge in [0.2, 0.25) is 5.91 Å². The monoisotopic (exact) mass is 511 g/mol. The summed E-state index contributed by atoms with van der Waals surface area (Å²) >= 11 is 0. The van der Waals surface area contributed by atoms with E-state index < -0.39 is 21.7 Å². The Morgan fingerprint density at radius 2 is 1.86 bits per heavy atom. The molecule has 0 aliphatic carbocycles. The number of primary amides is 1. The van der Waals surface area contributed by atoms with Gasteiger partial charge in [-0.1, -0.05) is 0 Å². The molecule has 0 spiro atoms. The van der Waals surface area contributed by atoms with Gasteiger partial charge < -0.3 is 16.0 Å². The lowest BCUT2D eigenvalue weighted by Crippen LogP contribution is -2.31. The molecular formula is C23H22FN7O4S. The number of nitrogens with one attached hydrogen (secondary N) is 1. The second-order valence-electron chi connectivity index (χ2n) is 8.10. The third kappa shape index (κ3) is 5.30. The number of amides is 2. The maximum absolute atomic E-state index is 13.3. The molecule has 0 aliphatic rings. The van der Waals surface area contributed by atoms with Crippen molar-refractivity contribution in [3.8, 4) is 5.69 Å². The zero-order chi connectivity index (χ0) is 26.0. The third-order valence-corrected chi connectivity index (χ3v) is 6.25. The number of halogens is 1. The molecule has 0 bridgehead atoms. The van der Waals surface area contributed by atoms with Crippen LogP contribution >= 0.6 is 0 Å². The van der Waals surface area contributed by atoms with Gasteiger partial charge in [0.15, 0.2) is 14.9 Å². The van der Waals surface area contributed by atoms with Gasteiger partial charge in [0.1, 0.15) is 11.6 Å². The summed E-state index contributed by atoms with van der Waals surface area (Å²) in [5.74, 6) is -1.24. The average Bonchev–Trinajstić information content (AvgIpc) is 3.26. The van der Waals surface area contributed by atoms with Gasteiger partial charge in [-0.3, -0.25) is 14.6 Å². The highest BCUT2D eigenvalue weighted by Gasteiger charge is 2.18. The Balaban J connectivity index is 1.61. The first-order valence-electron chi connectivity index (χ1n) is 10.6. The molecule has 0 saturated heterocycles. The number of aromatic nitrogens is 4. The predicted octanol–water partition coefficient (Wildman–Crippen LogP) is 1.21. The third-order valence-electron chi connectivity index (χ3n) is 5.28. The van der Waals surface area contributed by atoms with Crippen LogP contribution in [0.2, 0.25) is 0 Å². The van der Waals surface area contributed by atoms with Crippen LogP contribution in [0.4, 0.5) is 10.2 Å². The molecule has 0 aliphatic heterocycles. The summed E-state index contributed by atoms with van der Waals surface area (Å²) in [7, 11) is -2.12. The molecule has 2 amide bonds. The fourth-order valence-electron chi connectivity index (χ4n) is 3.53. The van der Waals surface area contributed by atoms with Gasteiger partial charge in [-0.25, -0.2) is 22.5 Å². The molecule has 0 fully saturated rings. The van der Waals surface area contributed by atoms with Gasteiger partial charge in [-0.15, -0.1) is 0 Å². The Bertz CT molecular complexity index is 1570. The van der Waals surface area contributed by atoms with Gasteiger partial charge in [0.05, 0.1) is 35.7 Å². The number of hydrogen-bond acceptors (Lipinski definition) is 8. The van der Waals surface area contributed by atoms with Crippen molar-refractivity contribution < 1.29 is 22.4 Å². The van der Waals surface area contributed by atoms with E-state index >= 15 is 0 Å². The minimum atomic E-state index is -3.67. The molecule has 13 heteroatoms. The van der Waals surface area contributed by atoms with E-state index in [2.05, 4.69) is 20.4 Å². The first kappa shape index (κ1) is 24.7. The maximum Gasteiger partial charge on any atom is 0.253 e. The molecular weight excluding hydrogens is 489 g/mol. The quantitative estimate of drug-likeness (QED) is 0.358. The van der Waals surface area contributed by atoms with Crippen LogP contribution in [0.25, 0.3) is 16.6 Å². The van der Waals surface area contributed by atoms with Crippen LogP contribution < -0.4 is 16.0 Å².